The summed E-state index contributed by atoms with van der Waals surface area (Å²) in [6.45, 7) is 0. The van der Waals surface area contributed by atoms with Crippen molar-refractivity contribution >= 4 is 109 Å². The molecule has 0 aliphatic carbocycles. The average Bonchev–Trinajstić information content (AvgIpc) is 3.87. The summed E-state index contributed by atoms with van der Waals surface area (Å²) in [5.41, 5.74) is 10.7. The summed E-state index contributed by atoms with van der Waals surface area (Å²) in [6, 6.07) is 78.9. The fourth-order valence-corrected chi connectivity index (χ4v) is 10.1. The number of thiophene rings is 1. The van der Waals surface area contributed by atoms with E-state index < -0.39 is 0 Å². The Morgan fingerprint density at radius 2 is 0.917 bits per heavy atom. The lowest BCUT2D eigenvalue weighted by molar-refractivity contribution is 0.669. The molecule has 4 heteroatoms. The maximum atomic E-state index is 6.32. The van der Waals surface area contributed by atoms with E-state index in [-0.39, 0.29) is 0 Å². The van der Waals surface area contributed by atoms with E-state index in [0.29, 0.717) is 0 Å². The van der Waals surface area contributed by atoms with Crippen LogP contribution in [0.15, 0.2) is 223 Å². The van der Waals surface area contributed by atoms with Gasteiger partial charge in [0.2, 0.25) is 0 Å². The maximum Gasteiger partial charge on any atom is 0.136 e. The first kappa shape index (κ1) is 34.4. The van der Waals surface area contributed by atoms with Gasteiger partial charge in [0.1, 0.15) is 11.2 Å². The van der Waals surface area contributed by atoms with Crippen molar-refractivity contribution in [1.82, 2.24) is 0 Å². The summed E-state index contributed by atoms with van der Waals surface area (Å²) < 4.78 is 8.90. The molecule has 60 heavy (non-hydrogen) atoms. The van der Waals surface area contributed by atoms with Crippen LogP contribution in [0.25, 0.3) is 74.8 Å². The van der Waals surface area contributed by atoms with E-state index in [9.17, 15) is 0 Å². The monoisotopic (exact) mass is 784 g/mol. The third-order valence-electron chi connectivity index (χ3n) is 11.8. The minimum Gasteiger partial charge on any atom is -0.456 e. The van der Waals surface area contributed by atoms with E-state index in [1.807, 2.05) is 17.4 Å². The highest BCUT2D eigenvalue weighted by atomic mass is 32.1. The predicted molar refractivity (Wildman–Crippen MR) is 256 cm³/mol. The fourth-order valence-electron chi connectivity index (χ4n) is 9.01. The Kier molecular flexibility index (Phi) is 8.03. The van der Waals surface area contributed by atoms with Crippen molar-refractivity contribution in [2.75, 3.05) is 9.80 Å². The summed E-state index contributed by atoms with van der Waals surface area (Å²) >= 11 is 1.85. The number of para-hydroxylation sites is 3. The Bertz CT molecular complexity index is 3570. The van der Waals surface area contributed by atoms with Gasteiger partial charge in [-0.2, -0.15) is 0 Å². The molecular weight excluding hydrogens is 749 g/mol. The molecule has 0 saturated heterocycles. The minimum absolute atomic E-state index is 0.908. The molecule has 282 valence electrons. The lowest BCUT2D eigenvalue weighted by Gasteiger charge is -2.30. The Hall–Kier alpha value is -7.66. The molecule has 0 amide bonds. The molecule has 2 aromatic heterocycles. The topological polar surface area (TPSA) is 19.6 Å². The van der Waals surface area contributed by atoms with E-state index in [0.717, 1.165) is 61.4 Å². The van der Waals surface area contributed by atoms with E-state index in [1.165, 1.54) is 47.5 Å². The fraction of sp³-hybridized carbons (Fsp3) is 0. The summed E-state index contributed by atoms with van der Waals surface area (Å²) in [5, 5.41) is 9.55. The zero-order valence-electron chi connectivity index (χ0n) is 32.5. The molecule has 0 spiro atoms. The van der Waals surface area contributed by atoms with Crippen LogP contribution in [0.2, 0.25) is 0 Å². The SMILES string of the molecule is c1ccc(-c2ccccc2N(c2ccccc2)c2cccc(N(c3ccc4ccc5cc6oc7ccccc7c6cc5c4c3)c3ccc4sc5ccccc5c4c3)c2)cc1. The van der Waals surface area contributed by atoms with Crippen molar-refractivity contribution in [2.24, 2.45) is 0 Å². The van der Waals surface area contributed by atoms with Gasteiger partial charge in [-0.15, -0.1) is 11.3 Å². The van der Waals surface area contributed by atoms with Gasteiger partial charge >= 0.3 is 0 Å². The number of furan rings is 1. The first-order valence-electron chi connectivity index (χ1n) is 20.3. The van der Waals surface area contributed by atoms with Gasteiger partial charge in [0.25, 0.3) is 0 Å². The Labute approximate surface area is 351 Å². The summed E-state index contributed by atoms with van der Waals surface area (Å²) in [5.74, 6) is 0. The highest BCUT2D eigenvalue weighted by Gasteiger charge is 2.21. The molecule has 2 heterocycles. The second kappa shape index (κ2) is 14.0. The molecule has 10 aromatic carbocycles. The van der Waals surface area contributed by atoms with Crippen molar-refractivity contribution in [3.05, 3.63) is 218 Å². The second-order valence-electron chi connectivity index (χ2n) is 15.3. The minimum atomic E-state index is 0.908. The highest BCUT2D eigenvalue weighted by Crippen LogP contribution is 2.46. The van der Waals surface area contributed by atoms with Gasteiger partial charge in [0, 0.05) is 64.9 Å². The van der Waals surface area contributed by atoms with Crippen LogP contribution < -0.4 is 9.80 Å². The van der Waals surface area contributed by atoms with Crippen LogP contribution in [0.5, 0.6) is 0 Å². The lowest BCUT2D eigenvalue weighted by atomic mass is 9.98. The number of nitrogens with zero attached hydrogens (tertiary/aromatic N) is 2. The zero-order chi connectivity index (χ0) is 39.6. The number of rotatable bonds is 7. The Morgan fingerprint density at radius 3 is 1.78 bits per heavy atom. The van der Waals surface area contributed by atoms with Crippen molar-refractivity contribution in [3.63, 3.8) is 0 Å². The average molecular weight is 785 g/mol. The number of hydrogen-bond acceptors (Lipinski definition) is 4. The molecule has 0 aliphatic heterocycles. The number of anilines is 6. The molecule has 0 aliphatic rings. The van der Waals surface area contributed by atoms with Crippen molar-refractivity contribution in [1.29, 1.82) is 0 Å². The molecule has 3 nitrogen and oxygen atoms in total. The molecule has 0 saturated carbocycles. The summed E-state index contributed by atoms with van der Waals surface area (Å²) in [7, 11) is 0. The molecule has 0 fully saturated rings. The van der Waals surface area contributed by atoms with Gasteiger partial charge in [0.05, 0.1) is 5.69 Å². The number of hydrogen-bond donors (Lipinski definition) is 0. The molecule has 0 N–H and O–H groups in total. The van der Waals surface area contributed by atoms with Gasteiger partial charge in [-0.3, -0.25) is 0 Å². The van der Waals surface area contributed by atoms with Crippen LogP contribution in [-0.4, -0.2) is 0 Å². The standard InChI is InChI=1S/C56H36N2OS/c1-3-14-37(15-4-1)45-20-7-10-23-52(45)58(40-16-5-2-6-17-40)42-19-13-18-41(33-42)57(44-30-31-56-51(35-44)47-22-9-12-25-55(47)60-56)43-29-28-38-26-27-39-32-54-50(36-49(39)48(38)34-43)46-21-8-11-24-53(46)59-54/h1-36H. The first-order chi connectivity index (χ1) is 29.7. The van der Waals surface area contributed by atoms with Gasteiger partial charge in [-0.05, 0) is 118 Å². The quantitative estimate of drug-likeness (QED) is 0.150. The van der Waals surface area contributed by atoms with Gasteiger partial charge in [0.15, 0.2) is 0 Å². The molecule has 0 bridgehead atoms. The molecule has 0 radical (unpaired) electrons. The van der Waals surface area contributed by atoms with Gasteiger partial charge < -0.3 is 14.2 Å². The Balaban J connectivity index is 1.09. The van der Waals surface area contributed by atoms with Gasteiger partial charge in [-0.25, -0.2) is 0 Å². The molecule has 12 rings (SSSR count). The van der Waals surface area contributed by atoms with Crippen LogP contribution in [0.3, 0.4) is 0 Å². The Morgan fingerprint density at radius 1 is 0.317 bits per heavy atom. The first-order valence-corrected chi connectivity index (χ1v) is 21.1. The largest absolute Gasteiger partial charge is 0.456 e. The van der Waals surface area contributed by atoms with Crippen LogP contribution in [0.4, 0.5) is 34.1 Å². The molecular formula is C56H36N2OS. The summed E-state index contributed by atoms with van der Waals surface area (Å²) in [6.07, 6.45) is 0. The van der Waals surface area contributed by atoms with Crippen LogP contribution >= 0.6 is 11.3 Å². The predicted octanol–water partition coefficient (Wildman–Crippen LogP) is 16.9. The van der Waals surface area contributed by atoms with Crippen molar-refractivity contribution in [2.45, 2.75) is 0 Å². The van der Waals surface area contributed by atoms with Crippen LogP contribution in [-0.2, 0) is 0 Å². The maximum absolute atomic E-state index is 6.32. The third-order valence-corrected chi connectivity index (χ3v) is 12.9. The lowest BCUT2D eigenvalue weighted by Crippen LogP contribution is -2.13. The highest BCUT2D eigenvalue weighted by molar-refractivity contribution is 7.25. The van der Waals surface area contributed by atoms with E-state index in [2.05, 4.69) is 222 Å². The molecule has 12 aromatic rings. The number of fused-ring (bicyclic) bond motifs is 9. The third kappa shape index (κ3) is 5.72. The smallest absolute Gasteiger partial charge is 0.136 e. The normalized spacial score (nSPS) is 11.7. The van der Waals surface area contributed by atoms with E-state index in [1.54, 1.807) is 0 Å². The summed E-state index contributed by atoms with van der Waals surface area (Å²) in [4.78, 5) is 4.81. The van der Waals surface area contributed by atoms with Crippen molar-refractivity contribution in [3.8, 4) is 11.1 Å². The second-order valence-corrected chi connectivity index (χ2v) is 16.4. The van der Waals surface area contributed by atoms with E-state index in [4.69, 9.17) is 4.42 Å². The molecule has 0 atom stereocenters. The zero-order valence-corrected chi connectivity index (χ0v) is 33.3. The van der Waals surface area contributed by atoms with Crippen molar-refractivity contribution < 1.29 is 4.42 Å². The van der Waals surface area contributed by atoms with Crippen LogP contribution in [0.1, 0.15) is 0 Å². The van der Waals surface area contributed by atoms with Gasteiger partial charge in [-0.1, -0.05) is 127 Å². The molecule has 0 unspecified atom stereocenters. The van der Waals surface area contributed by atoms with Crippen LogP contribution in [0, 0.1) is 0 Å². The van der Waals surface area contributed by atoms with E-state index >= 15 is 0 Å². The number of benzene rings is 10.